The number of pyridine rings is 1. The van der Waals surface area contributed by atoms with Crippen LogP contribution in [0.3, 0.4) is 0 Å². The number of hydrogen-bond donors (Lipinski definition) is 2. The van der Waals surface area contributed by atoms with Gasteiger partial charge in [-0.15, -0.1) is 0 Å². The highest BCUT2D eigenvalue weighted by Gasteiger charge is 2.20. The molecular weight excluding hydrogens is 360 g/mol. The highest BCUT2D eigenvalue weighted by molar-refractivity contribution is 9.10. The maximum absolute atomic E-state index is 12.0. The van der Waals surface area contributed by atoms with E-state index in [1.54, 1.807) is 6.07 Å². The second-order valence-corrected chi connectivity index (χ2v) is 6.83. The molecule has 1 rings (SSSR count). The van der Waals surface area contributed by atoms with Gasteiger partial charge in [0.2, 0.25) is 0 Å². The number of rotatable bonds is 7. The number of carboxylic acid groups (broad SMARTS) is 1. The molecule has 21 heavy (non-hydrogen) atoms. The monoisotopic (exact) mass is 376 g/mol. The largest absolute Gasteiger partial charge is 0.481 e. The fraction of sp³-hybridized carbons (Fsp3) is 0.500. The number of nitrogens with one attached hydrogen (secondary N) is 1. The predicted octanol–water partition coefficient (Wildman–Crippen LogP) is 3.51. The number of nitrogens with zero attached hydrogens (tertiary/aromatic N) is 1. The summed E-state index contributed by atoms with van der Waals surface area (Å²) in [5, 5.41) is 11.6. The molecule has 0 aromatic carbocycles. The summed E-state index contributed by atoms with van der Waals surface area (Å²) in [4.78, 5) is 26.5. The fourth-order valence-corrected chi connectivity index (χ4v) is 2.28. The van der Waals surface area contributed by atoms with Gasteiger partial charge in [-0.2, -0.15) is 0 Å². The first-order chi connectivity index (χ1) is 9.71. The van der Waals surface area contributed by atoms with E-state index in [0.29, 0.717) is 29.4 Å². The summed E-state index contributed by atoms with van der Waals surface area (Å²) in [7, 11) is 0. The Morgan fingerprint density at radius 3 is 2.71 bits per heavy atom. The van der Waals surface area contributed by atoms with Crippen LogP contribution in [-0.2, 0) is 4.79 Å². The van der Waals surface area contributed by atoms with Crippen molar-refractivity contribution in [2.24, 2.45) is 5.41 Å². The maximum atomic E-state index is 12.0. The first kappa shape index (κ1) is 17.9. The molecule has 0 aliphatic rings. The van der Waals surface area contributed by atoms with E-state index >= 15 is 0 Å². The number of hydrogen-bond acceptors (Lipinski definition) is 3. The van der Waals surface area contributed by atoms with Gasteiger partial charge in [-0.05, 0) is 40.3 Å². The molecule has 0 saturated heterocycles. The Kier molecular flexibility index (Phi) is 6.61. The summed E-state index contributed by atoms with van der Waals surface area (Å²) in [5.74, 6) is -1.10. The van der Waals surface area contributed by atoms with Crippen molar-refractivity contribution in [3.63, 3.8) is 0 Å². The van der Waals surface area contributed by atoms with E-state index in [4.69, 9.17) is 16.7 Å². The normalized spacial score (nSPS) is 11.2. The molecule has 0 unspecified atom stereocenters. The van der Waals surface area contributed by atoms with E-state index in [1.165, 1.54) is 6.20 Å². The van der Waals surface area contributed by atoms with Crippen LogP contribution in [0.25, 0.3) is 0 Å². The third kappa shape index (κ3) is 6.44. The molecule has 0 aliphatic carbocycles. The van der Waals surface area contributed by atoms with Crippen molar-refractivity contribution in [3.8, 4) is 0 Å². The molecule has 0 spiro atoms. The van der Waals surface area contributed by atoms with Crippen LogP contribution < -0.4 is 5.32 Å². The van der Waals surface area contributed by atoms with Crippen molar-refractivity contribution < 1.29 is 14.7 Å². The third-order valence-corrected chi connectivity index (χ3v) is 3.89. The van der Waals surface area contributed by atoms with Crippen LogP contribution >= 0.6 is 27.5 Å². The van der Waals surface area contributed by atoms with Crippen LogP contribution in [-0.4, -0.2) is 28.5 Å². The van der Waals surface area contributed by atoms with Gasteiger partial charge in [-0.1, -0.05) is 25.4 Å². The second-order valence-electron chi connectivity index (χ2n) is 5.56. The molecule has 0 bridgehead atoms. The number of carbonyl (C=O) groups excluding carboxylic acids is 1. The molecule has 0 fully saturated rings. The Balaban J connectivity index is 2.50. The third-order valence-electron chi connectivity index (χ3n) is 3.15. The summed E-state index contributed by atoms with van der Waals surface area (Å²) in [6, 6.07) is 1.61. The Morgan fingerprint density at radius 1 is 1.43 bits per heavy atom. The number of carbonyl (C=O) groups is 2. The number of halogens is 2. The van der Waals surface area contributed by atoms with Gasteiger partial charge >= 0.3 is 5.97 Å². The van der Waals surface area contributed by atoms with Gasteiger partial charge in [0.05, 0.1) is 5.56 Å². The highest BCUT2D eigenvalue weighted by Crippen LogP contribution is 2.26. The van der Waals surface area contributed by atoms with Crippen molar-refractivity contribution >= 4 is 39.4 Å². The molecule has 0 aliphatic heterocycles. The van der Waals surface area contributed by atoms with Crippen molar-refractivity contribution in [1.82, 2.24) is 10.3 Å². The quantitative estimate of drug-likeness (QED) is 0.713. The molecule has 1 aromatic heterocycles. The number of aromatic nitrogens is 1. The van der Waals surface area contributed by atoms with Crippen molar-refractivity contribution in [3.05, 3.63) is 27.5 Å². The van der Waals surface area contributed by atoms with Gasteiger partial charge in [0, 0.05) is 23.6 Å². The molecule has 7 heteroatoms. The zero-order valence-corrected chi connectivity index (χ0v) is 14.3. The minimum Gasteiger partial charge on any atom is -0.481 e. The molecule has 0 saturated carbocycles. The smallest absolute Gasteiger partial charge is 0.303 e. The van der Waals surface area contributed by atoms with Gasteiger partial charge in [0.25, 0.3) is 5.91 Å². The molecule has 116 valence electrons. The average molecular weight is 378 g/mol. The zero-order valence-electron chi connectivity index (χ0n) is 11.9. The Bertz CT molecular complexity index is 535. The molecule has 2 N–H and O–H groups in total. The van der Waals surface area contributed by atoms with E-state index < -0.39 is 5.97 Å². The summed E-state index contributed by atoms with van der Waals surface area (Å²) in [6.45, 7) is 4.42. The first-order valence-electron chi connectivity index (χ1n) is 6.52. The fourth-order valence-electron chi connectivity index (χ4n) is 1.76. The van der Waals surface area contributed by atoms with Gasteiger partial charge < -0.3 is 10.4 Å². The summed E-state index contributed by atoms with van der Waals surface area (Å²) in [5.41, 5.74) is 0.166. The topological polar surface area (TPSA) is 79.3 Å². The number of amides is 1. The van der Waals surface area contributed by atoms with E-state index in [1.807, 2.05) is 13.8 Å². The maximum Gasteiger partial charge on any atom is 0.303 e. The first-order valence-corrected chi connectivity index (χ1v) is 7.69. The van der Waals surface area contributed by atoms with E-state index in [-0.39, 0.29) is 22.9 Å². The molecule has 5 nitrogen and oxygen atoms in total. The number of carboxylic acids is 1. The van der Waals surface area contributed by atoms with Crippen molar-refractivity contribution in [2.75, 3.05) is 6.54 Å². The summed E-state index contributed by atoms with van der Waals surface area (Å²) >= 11 is 9.13. The molecule has 1 heterocycles. The van der Waals surface area contributed by atoms with E-state index in [0.717, 1.165) is 0 Å². The van der Waals surface area contributed by atoms with Gasteiger partial charge in [-0.25, -0.2) is 4.98 Å². The van der Waals surface area contributed by atoms with Gasteiger partial charge in [0.15, 0.2) is 0 Å². The minimum absolute atomic E-state index is 0.127. The zero-order chi connectivity index (χ0) is 16.0. The minimum atomic E-state index is -0.806. The van der Waals surface area contributed by atoms with Crippen LogP contribution in [0.15, 0.2) is 16.7 Å². The molecule has 0 radical (unpaired) electrons. The van der Waals surface area contributed by atoms with Crippen LogP contribution in [0.2, 0.25) is 5.15 Å². The Hall–Kier alpha value is -1.14. The lowest BCUT2D eigenvalue weighted by molar-refractivity contribution is -0.137. The van der Waals surface area contributed by atoms with Gasteiger partial charge in [-0.3, -0.25) is 9.59 Å². The molecule has 0 atom stereocenters. The summed E-state index contributed by atoms with van der Waals surface area (Å²) in [6.07, 6.45) is 2.90. The lowest BCUT2D eigenvalue weighted by atomic mass is 9.84. The van der Waals surface area contributed by atoms with E-state index in [2.05, 4.69) is 26.2 Å². The Morgan fingerprint density at radius 2 is 2.10 bits per heavy atom. The molecule has 1 amide bonds. The van der Waals surface area contributed by atoms with Crippen molar-refractivity contribution in [2.45, 2.75) is 33.1 Å². The number of aliphatic carboxylic acids is 1. The van der Waals surface area contributed by atoms with Crippen LogP contribution in [0, 0.1) is 5.41 Å². The van der Waals surface area contributed by atoms with Crippen LogP contribution in [0.5, 0.6) is 0 Å². The van der Waals surface area contributed by atoms with Crippen LogP contribution in [0.1, 0.15) is 43.5 Å². The SMILES string of the molecule is CC(C)(CCNC(=O)c1cc(Br)cnc1Cl)CCC(=O)O. The molecule has 1 aromatic rings. The lowest BCUT2D eigenvalue weighted by Gasteiger charge is -2.23. The highest BCUT2D eigenvalue weighted by atomic mass is 79.9. The van der Waals surface area contributed by atoms with Gasteiger partial charge in [0.1, 0.15) is 5.15 Å². The average Bonchev–Trinajstić information content (AvgIpc) is 2.39. The van der Waals surface area contributed by atoms with Crippen LogP contribution in [0.4, 0.5) is 0 Å². The second kappa shape index (κ2) is 7.75. The Labute approximate surface area is 137 Å². The summed E-state index contributed by atoms with van der Waals surface area (Å²) < 4.78 is 0.679. The molecular formula is C14H18BrClN2O3. The predicted molar refractivity (Wildman–Crippen MR) is 84.5 cm³/mol. The standard InChI is InChI=1S/C14H18BrClN2O3/c1-14(2,4-3-11(19)20)5-6-17-13(21)10-7-9(15)8-18-12(10)16/h7-8H,3-6H2,1-2H3,(H,17,21)(H,19,20). The van der Waals surface area contributed by atoms with E-state index in [9.17, 15) is 9.59 Å². The lowest BCUT2D eigenvalue weighted by Crippen LogP contribution is -2.28. The van der Waals surface area contributed by atoms with Crippen molar-refractivity contribution in [1.29, 1.82) is 0 Å².